The standard InChI is InChI=1S/C13H8ClN3O/c14-10-6-4-9(5-7-10)12(18)13-16-15-11-3-1-2-8-17(11)13/h1-8H. The molecule has 0 unspecified atom stereocenters. The molecule has 0 aliphatic carbocycles. The van der Waals surface area contributed by atoms with Gasteiger partial charge in [-0.25, -0.2) is 0 Å². The molecule has 0 saturated heterocycles. The van der Waals surface area contributed by atoms with Crippen LogP contribution in [0.4, 0.5) is 0 Å². The summed E-state index contributed by atoms with van der Waals surface area (Å²) in [7, 11) is 0. The predicted octanol–water partition coefficient (Wildman–Crippen LogP) is 2.61. The summed E-state index contributed by atoms with van der Waals surface area (Å²) in [5, 5.41) is 8.47. The topological polar surface area (TPSA) is 47.3 Å². The fourth-order valence-corrected chi connectivity index (χ4v) is 1.85. The van der Waals surface area contributed by atoms with Crippen LogP contribution in [-0.2, 0) is 0 Å². The van der Waals surface area contributed by atoms with Gasteiger partial charge < -0.3 is 0 Å². The lowest BCUT2D eigenvalue weighted by atomic mass is 10.1. The van der Waals surface area contributed by atoms with Crippen LogP contribution in [0.5, 0.6) is 0 Å². The summed E-state index contributed by atoms with van der Waals surface area (Å²) in [4.78, 5) is 12.3. The molecule has 0 aliphatic rings. The molecule has 0 bridgehead atoms. The highest BCUT2D eigenvalue weighted by molar-refractivity contribution is 6.30. The van der Waals surface area contributed by atoms with Crippen molar-refractivity contribution in [1.29, 1.82) is 0 Å². The summed E-state index contributed by atoms with van der Waals surface area (Å²) in [6.07, 6.45) is 1.76. The minimum atomic E-state index is -0.176. The molecule has 4 nitrogen and oxygen atoms in total. The zero-order valence-electron chi connectivity index (χ0n) is 9.25. The second kappa shape index (κ2) is 4.23. The van der Waals surface area contributed by atoms with E-state index in [0.29, 0.717) is 22.1 Å². The van der Waals surface area contributed by atoms with Crippen LogP contribution >= 0.6 is 11.6 Å². The second-order valence-electron chi connectivity index (χ2n) is 3.79. The summed E-state index contributed by atoms with van der Waals surface area (Å²) in [5.41, 5.74) is 1.19. The van der Waals surface area contributed by atoms with Crippen molar-refractivity contribution in [3.8, 4) is 0 Å². The SMILES string of the molecule is O=C(c1ccc(Cl)cc1)c1nnc2ccccn12. The number of hydrogen-bond acceptors (Lipinski definition) is 3. The summed E-state index contributed by atoms with van der Waals surface area (Å²) in [6, 6.07) is 12.2. The fraction of sp³-hybridized carbons (Fsp3) is 0. The Bertz CT molecular complexity index is 718. The Morgan fingerprint density at radius 2 is 1.83 bits per heavy atom. The number of aromatic nitrogens is 3. The molecule has 88 valence electrons. The maximum absolute atomic E-state index is 12.3. The molecule has 0 radical (unpaired) electrons. The third-order valence-corrected chi connectivity index (χ3v) is 2.88. The number of pyridine rings is 1. The van der Waals surface area contributed by atoms with E-state index >= 15 is 0 Å². The van der Waals surface area contributed by atoms with E-state index in [4.69, 9.17) is 11.6 Å². The van der Waals surface area contributed by atoms with Crippen molar-refractivity contribution >= 4 is 23.0 Å². The number of rotatable bonds is 2. The van der Waals surface area contributed by atoms with Gasteiger partial charge in [0.15, 0.2) is 5.65 Å². The van der Waals surface area contributed by atoms with Crippen molar-refractivity contribution in [3.05, 3.63) is 65.1 Å². The minimum absolute atomic E-state index is 0.176. The van der Waals surface area contributed by atoms with Crippen LogP contribution in [0.25, 0.3) is 5.65 Å². The number of nitrogens with zero attached hydrogens (tertiary/aromatic N) is 3. The van der Waals surface area contributed by atoms with Gasteiger partial charge in [0.1, 0.15) is 0 Å². The number of halogens is 1. The molecule has 2 heterocycles. The zero-order valence-corrected chi connectivity index (χ0v) is 10.0. The Balaban J connectivity index is 2.09. The fourth-order valence-electron chi connectivity index (χ4n) is 1.73. The van der Waals surface area contributed by atoms with Gasteiger partial charge >= 0.3 is 0 Å². The third kappa shape index (κ3) is 1.76. The van der Waals surface area contributed by atoms with E-state index in [9.17, 15) is 4.79 Å². The van der Waals surface area contributed by atoms with Crippen molar-refractivity contribution in [3.63, 3.8) is 0 Å². The van der Waals surface area contributed by atoms with E-state index in [2.05, 4.69) is 10.2 Å². The normalized spacial score (nSPS) is 10.7. The molecule has 18 heavy (non-hydrogen) atoms. The number of ketones is 1. The van der Waals surface area contributed by atoms with Gasteiger partial charge in [0.2, 0.25) is 11.6 Å². The van der Waals surface area contributed by atoms with Crippen LogP contribution in [-0.4, -0.2) is 20.4 Å². The lowest BCUT2D eigenvalue weighted by Gasteiger charge is -1.99. The Kier molecular flexibility index (Phi) is 2.57. The average molecular weight is 258 g/mol. The van der Waals surface area contributed by atoms with E-state index in [1.165, 1.54) is 0 Å². The predicted molar refractivity (Wildman–Crippen MR) is 67.9 cm³/mol. The molecule has 2 aromatic heterocycles. The Labute approximate surface area is 108 Å². The average Bonchev–Trinajstić information content (AvgIpc) is 2.82. The molecule has 0 spiro atoms. The van der Waals surface area contributed by atoms with Crippen LogP contribution in [0, 0.1) is 0 Å². The Hall–Kier alpha value is -2.20. The first-order valence-corrected chi connectivity index (χ1v) is 5.73. The lowest BCUT2D eigenvalue weighted by Crippen LogP contribution is -2.06. The zero-order chi connectivity index (χ0) is 12.5. The molecule has 0 aliphatic heterocycles. The van der Waals surface area contributed by atoms with Crippen LogP contribution in [0.15, 0.2) is 48.7 Å². The third-order valence-electron chi connectivity index (χ3n) is 2.62. The molecule has 0 amide bonds. The van der Waals surface area contributed by atoms with Crippen molar-refractivity contribution in [2.75, 3.05) is 0 Å². The van der Waals surface area contributed by atoms with Crippen LogP contribution < -0.4 is 0 Å². The highest BCUT2D eigenvalue weighted by Gasteiger charge is 2.15. The summed E-state index contributed by atoms with van der Waals surface area (Å²) in [5.74, 6) is 0.123. The van der Waals surface area contributed by atoms with Gasteiger partial charge in [-0.2, -0.15) is 0 Å². The van der Waals surface area contributed by atoms with Crippen molar-refractivity contribution in [2.24, 2.45) is 0 Å². The van der Waals surface area contributed by atoms with Crippen molar-refractivity contribution in [2.45, 2.75) is 0 Å². The summed E-state index contributed by atoms with van der Waals surface area (Å²) < 4.78 is 1.66. The molecule has 5 heteroatoms. The van der Waals surface area contributed by atoms with Crippen molar-refractivity contribution in [1.82, 2.24) is 14.6 Å². The monoisotopic (exact) mass is 257 g/mol. The number of fused-ring (bicyclic) bond motifs is 1. The van der Waals surface area contributed by atoms with E-state index in [1.807, 2.05) is 12.1 Å². The smallest absolute Gasteiger partial charge is 0.230 e. The van der Waals surface area contributed by atoms with Crippen LogP contribution in [0.1, 0.15) is 16.2 Å². The summed E-state index contributed by atoms with van der Waals surface area (Å²) >= 11 is 5.79. The maximum Gasteiger partial charge on any atom is 0.230 e. The van der Waals surface area contributed by atoms with Gasteiger partial charge in [-0.05, 0) is 36.4 Å². The summed E-state index contributed by atoms with van der Waals surface area (Å²) in [6.45, 7) is 0. The Morgan fingerprint density at radius 3 is 2.61 bits per heavy atom. The second-order valence-corrected chi connectivity index (χ2v) is 4.22. The van der Waals surface area contributed by atoms with E-state index in [-0.39, 0.29) is 5.78 Å². The number of hydrogen-bond donors (Lipinski definition) is 0. The highest BCUT2D eigenvalue weighted by atomic mass is 35.5. The van der Waals surface area contributed by atoms with Gasteiger partial charge in [-0.3, -0.25) is 9.20 Å². The molecule has 0 saturated carbocycles. The number of carbonyl (C=O) groups is 1. The van der Waals surface area contributed by atoms with Gasteiger partial charge in [0.05, 0.1) is 0 Å². The highest BCUT2D eigenvalue weighted by Crippen LogP contribution is 2.13. The molecular weight excluding hydrogens is 250 g/mol. The molecule has 3 aromatic rings. The number of carbonyl (C=O) groups excluding carboxylic acids is 1. The molecule has 0 fully saturated rings. The first-order chi connectivity index (χ1) is 8.75. The quantitative estimate of drug-likeness (QED) is 0.663. The molecule has 0 N–H and O–H groups in total. The van der Waals surface area contributed by atoms with E-state index < -0.39 is 0 Å². The van der Waals surface area contributed by atoms with Gasteiger partial charge in [0.25, 0.3) is 0 Å². The largest absolute Gasteiger partial charge is 0.285 e. The lowest BCUT2D eigenvalue weighted by molar-refractivity contribution is 0.102. The molecule has 3 rings (SSSR count). The Morgan fingerprint density at radius 1 is 1.06 bits per heavy atom. The van der Waals surface area contributed by atoms with E-state index in [1.54, 1.807) is 40.9 Å². The van der Waals surface area contributed by atoms with Crippen molar-refractivity contribution < 1.29 is 4.79 Å². The van der Waals surface area contributed by atoms with E-state index in [0.717, 1.165) is 0 Å². The van der Waals surface area contributed by atoms with Gasteiger partial charge in [0, 0.05) is 16.8 Å². The van der Waals surface area contributed by atoms with Crippen LogP contribution in [0.2, 0.25) is 5.02 Å². The first-order valence-electron chi connectivity index (χ1n) is 5.36. The molecule has 0 atom stereocenters. The maximum atomic E-state index is 12.3. The minimum Gasteiger partial charge on any atom is -0.285 e. The number of benzene rings is 1. The molecular formula is C13H8ClN3O. The first kappa shape index (κ1) is 10.9. The van der Waals surface area contributed by atoms with Gasteiger partial charge in [-0.1, -0.05) is 17.7 Å². The van der Waals surface area contributed by atoms with Crippen LogP contribution in [0.3, 0.4) is 0 Å². The van der Waals surface area contributed by atoms with Gasteiger partial charge in [-0.15, -0.1) is 10.2 Å². The molecule has 1 aromatic carbocycles.